The van der Waals surface area contributed by atoms with Crippen molar-refractivity contribution in [2.45, 2.75) is 37.8 Å². The summed E-state index contributed by atoms with van der Waals surface area (Å²) in [6, 6.07) is 5.16. The zero-order chi connectivity index (χ0) is 12.3. The van der Waals surface area contributed by atoms with Crippen LogP contribution in [0.4, 0.5) is 4.39 Å². The number of rotatable bonds is 4. The Morgan fingerprint density at radius 1 is 1.29 bits per heavy atom. The number of carboxylic acids is 1. The highest BCUT2D eigenvalue weighted by Gasteiger charge is 2.25. The van der Waals surface area contributed by atoms with Crippen LogP contribution in [-0.2, 0) is 4.79 Å². The Balaban J connectivity index is 2.10. The van der Waals surface area contributed by atoms with E-state index in [1.54, 1.807) is 0 Å². The summed E-state index contributed by atoms with van der Waals surface area (Å²) in [6.45, 7) is 0. The smallest absolute Gasteiger partial charge is 0.325 e. The summed E-state index contributed by atoms with van der Waals surface area (Å²) in [4.78, 5) is 11.2. The lowest BCUT2D eigenvalue weighted by Crippen LogP contribution is -2.35. The quantitative estimate of drug-likeness (QED) is 0.845. The molecule has 1 aromatic carbocycles. The van der Waals surface area contributed by atoms with Gasteiger partial charge in [0.25, 0.3) is 0 Å². The van der Waals surface area contributed by atoms with E-state index in [4.69, 9.17) is 0 Å². The van der Waals surface area contributed by atoms with E-state index >= 15 is 0 Å². The molecular formula is C13H16FNO2. The number of aliphatic carboxylic acids is 1. The molecule has 1 aliphatic carbocycles. The van der Waals surface area contributed by atoms with Crippen LogP contribution >= 0.6 is 0 Å². The fraction of sp³-hybridized carbons (Fsp3) is 0.462. The molecule has 17 heavy (non-hydrogen) atoms. The van der Waals surface area contributed by atoms with Crippen LogP contribution < -0.4 is 5.32 Å². The second-order valence-corrected chi connectivity index (χ2v) is 4.47. The van der Waals surface area contributed by atoms with Crippen molar-refractivity contribution < 1.29 is 14.3 Å². The molecule has 2 N–H and O–H groups in total. The Morgan fingerprint density at radius 3 is 2.41 bits per heavy atom. The van der Waals surface area contributed by atoms with Gasteiger partial charge in [-0.1, -0.05) is 25.0 Å². The first kappa shape index (κ1) is 12.0. The molecule has 0 bridgehead atoms. The van der Waals surface area contributed by atoms with E-state index in [0.29, 0.717) is 5.56 Å². The van der Waals surface area contributed by atoms with E-state index in [-0.39, 0.29) is 11.9 Å². The van der Waals surface area contributed by atoms with Crippen LogP contribution in [0.1, 0.15) is 37.3 Å². The Hall–Kier alpha value is -1.42. The maximum absolute atomic E-state index is 12.8. The van der Waals surface area contributed by atoms with Crippen LogP contribution in [0.5, 0.6) is 0 Å². The van der Waals surface area contributed by atoms with Gasteiger partial charge in [0.15, 0.2) is 0 Å². The highest BCUT2D eigenvalue weighted by molar-refractivity contribution is 5.75. The summed E-state index contributed by atoms with van der Waals surface area (Å²) in [5, 5.41) is 12.3. The van der Waals surface area contributed by atoms with Crippen LogP contribution in [0.2, 0.25) is 0 Å². The van der Waals surface area contributed by atoms with Gasteiger partial charge in [0.2, 0.25) is 0 Å². The molecule has 0 radical (unpaired) electrons. The lowest BCUT2D eigenvalue weighted by molar-refractivity contribution is -0.139. The van der Waals surface area contributed by atoms with Crippen molar-refractivity contribution in [3.63, 3.8) is 0 Å². The molecule has 1 fully saturated rings. The fourth-order valence-corrected chi connectivity index (χ4v) is 2.29. The summed E-state index contributed by atoms with van der Waals surface area (Å²) in [6.07, 6.45) is 4.33. The number of carbonyl (C=O) groups is 1. The number of hydrogen-bond acceptors (Lipinski definition) is 2. The van der Waals surface area contributed by atoms with Gasteiger partial charge >= 0.3 is 5.97 Å². The summed E-state index contributed by atoms with van der Waals surface area (Å²) >= 11 is 0. The van der Waals surface area contributed by atoms with E-state index < -0.39 is 12.0 Å². The topological polar surface area (TPSA) is 49.3 Å². The highest BCUT2D eigenvalue weighted by atomic mass is 19.1. The summed E-state index contributed by atoms with van der Waals surface area (Å²) < 4.78 is 12.8. The monoisotopic (exact) mass is 237 g/mol. The second kappa shape index (κ2) is 5.27. The molecule has 1 saturated carbocycles. The van der Waals surface area contributed by atoms with Gasteiger partial charge in [0, 0.05) is 6.04 Å². The van der Waals surface area contributed by atoms with Crippen molar-refractivity contribution in [2.75, 3.05) is 0 Å². The molecule has 0 heterocycles. The van der Waals surface area contributed by atoms with Crippen molar-refractivity contribution in [3.8, 4) is 0 Å². The average Bonchev–Trinajstić information content (AvgIpc) is 2.80. The second-order valence-electron chi connectivity index (χ2n) is 4.47. The molecule has 0 amide bonds. The maximum Gasteiger partial charge on any atom is 0.325 e. The van der Waals surface area contributed by atoms with E-state index in [0.717, 1.165) is 25.7 Å². The van der Waals surface area contributed by atoms with Gasteiger partial charge in [0.05, 0.1) is 0 Å². The number of carboxylic acid groups (broad SMARTS) is 1. The Morgan fingerprint density at radius 2 is 1.88 bits per heavy atom. The molecular weight excluding hydrogens is 221 g/mol. The predicted octanol–water partition coefficient (Wildman–Crippen LogP) is 2.48. The Bertz CT molecular complexity index is 385. The number of benzene rings is 1. The number of halogens is 1. The predicted molar refractivity (Wildman–Crippen MR) is 62.2 cm³/mol. The van der Waals surface area contributed by atoms with E-state index in [9.17, 15) is 14.3 Å². The Labute approximate surface area is 99.7 Å². The van der Waals surface area contributed by atoms with Crippen LogP contribution in [0.3, 0.4) is 0 Å². The zero-order valence-corrected chi connectivity index (χ0v) is 9.53. The maximum atomic E-state index is 12.8. The molecule has 3 nitrogen and oxygen atoms in total. The molecule has 0 aliphatic heterocycles. The number of hydrogen-bond donors (Lipinski definition) is 2. The van der Waals surface area contributed by atoms with Crippen LogP contribution in [0, 0.1) is 5.82 Å². The van der Waals surface area contributed by atoms with Crippen molar-refractivity contribution >= 4 is 5.97 Å². The van der Waals surface area contributed by atoms with Gasteiger partial charge < -0.3 is 5.11 Å². The molecule has 0 spiro atoms. The molecule has 1 aliphatic rings. The zero-order valence-electron chi connectivity index (χ0n) is 9.53. The summed E-state index contributed by atoms with van der Waals surface area (Å²) in [7, 11) is 0. The minimum atomic E-state index is -0.913. The van der Waals surface area contributed by atoms with E-state index in [2.05, 4.69) is 5.32 Å². The fourth-order valence-electron chi connectivity index (χ4n) is 2.29. The first-order valence-corrected chi connectivity index (χ1v) is 5.91. The molecule has 2 rings (SSSR count). The van der Waals surface area contributed by atoms with Crippen LogP contribution in [0.25, 0.3) is 0 Å². The third kappa shape index (κ3) is 3.03. The van der Waals surface area contributed by atoms with Gasteiger partial charge in [-0.2, -0.15) is 0 Å². The first-order valence-electron chi connectivity index (χ1n) is 5.91. The van der Waals surface area contributed by atoms with Gasteiger partial charge in [-0.15, -0.1) is 0 Å². The molecule has 92 valence electrons. The third-order valence-corrected chi connectivity index (χ3v) is 3.21. The molecule has 1 unspecified atom stereocenters. The lowest BCUT2D eigenvalue weighted by atomic mass is 10.1. The number of nitrogens with one attached hydrogen (secondary N) is 1. The minimum Gasteiger partial charge on any atom is -0.480 e. The van der Waals surface area contributed by atoms with Crippen LogP contribution in [-0.4, -0.2) is 17.1 Å². The van der Waals surface area contributed by atoms with Crippen LogP contribution in [0.15, 0.2) is 24.3 Å². The SMILES string of the molecule is O=C(O)C(NC1CCCC1)c1ccc(F)cc1. The summed E-state index contributed by atoms with van der Waals surface area (Å²) in [5.41, 5.74) is 0.603. The largest absolute Gasteiger partial charge is 0.480 e. The standard InChI is InChI=1S/C13H16FNO2/c14-10-7-5-9(6-8-10)12(13(16)17)15-11-3-1-2-4-11/h5-8,11-12,15H,1-4H2,(H,16,17). The Kier molecular flexibility index (Phi) is 3.74. The molecule has 1 aromatic rings. The molecule has 0 saturated heterocycles. The third-order valence-electron chi connectivity index (χ3n) is 3.21. The van der Waals surface area contributed by atoms with Gasteiger partial charge in [-0.05, 0) is 30.5 Å². The van der Waals surface area contributed by atoms with Gasteiger partial charge in [-0.3, -0.25) is 10.1 Å². The van der Waals surface area contributed by atoms with Gasteiger partial charge in [0.1, 0.15) is 11.9 Å². The van der Waals surface area contributed by atoms with E-state index in [1.807, 2.05) is 0 Å². The first-order chi connectivity index (χ1) is 8.16. The van der Waals surface area contributed by atoms with Gasteiger partial charge in [-0.25, -0.2) is 4.39 Å². The van der Waals surface area contributed by atoms with Crippen molar-refractivity contribution in [3.05, 3.63) is 35.6 Å². The van der Waals surface area contributed by atoms with Crippen molar-refractivity contribution in [2.24, 2.45) is 0 Å². The highest BCUT2D eigenvalue weighted by Crippen LogP contribution is 2.22. The normalized spacial score (nSPS) is 18.2. The lowest BCUT2D eigenvalue weighted by Gasteiger charge is -2.19. The van der Waals surface area contributed by atoms with Crippen molar-refractivity contribution in [1.29, 1.82) is 0 Å². The minimum absolute atomic E-state index is 0.265. The molecule has 4 heteroatoms. The van der Waals surface area contributed by atoms with Crippen molar-refractivity contribution in [1.82, 2.24) is 5.32 Å². The summed E-state index contributed by atoms with van der Waals surface area (Å²) in [5.74, 6) is -1.26. The van der Waals surface area contributed by atoms with E-state index in [1.165, 1.54) is 24.3 Å². The molecule has 1 atom stereocenters. The molecule has 0 aromatic heterocycles. The average molecular weight is 237 g/mol.